The molecule has 2 aliphatic carbocycles. The second-order valence-corrected chi connectivity index (χ2v) is 4.48. The van der Waals surface area contributed by atoms with Gasteiger partial charge in [0, 0.05) is 19.1 Å². The van der Waals surface area contributed by atoms with Gasteiger partial charge in [0.25, 0.3) is 0 Å². The molecule has 0 amide bonds. The summed E-state index contributed by atoms with van der Waals surface area (Å²) in [5, 5.41) is 0. The molecule has 0 radical (unpaired) electrons. The zero-order valence-electron chi connectivity index (χ0n) is 9.57. The summed E-state index contributed by atoms with van der Waals surface area (Å²) in [6.45, 7) is 5.13. The van der Waals surface area contributed by atoms with Crippen molar-refractivity contribution in [2.24, 2.45) is 17.8 Å². The standard InChI is InChI=1S/C12H20O3/c1-3-14-12(15-4-2)10-8-5-6-9(7-8)11(10)13/h8-10,12H,3-7H2,1-2H3. The molecule has 0 spiro atoms. The van der Waals surface area contributed by atoms with E-state index in [2.05, 4.69) is 0 Å². The van der Waals surface area contributed by atoms with Crippen LogP contribution in [0, 0.1) is 17.8 Å². The molecule has 0 aromatic carbocycles. The Morgan fingerprint density at radius 2 is 1.93 bits per heavy atom. The van der Waals surface area contributed by atoms with Gasteiger partial charge in [0.15, 0.2) is 6.29 Å². The Morgan fingerprint density at radius 1 is 1.27 bits per heavy atom. The Bertz CT molecular complexity index is 233. The maximum absolute atomic E-state index is 12.0. The monoisotopic (exact) mass is 212 g/mol. The van der Waals surface area contributed by atoms with Crippen molar-refractivity contribution < 1.29 is 14.3 Å². The molecule has 3 heteroatoms. The fourth-order valence-corrected chi connectivity index (χ4v) is 3.05. The summed E-state index contributed by atoms with van der Waals surface area (Å²) in [5.74, 6) is 1.23. The summed E-state index contributed by atoms with van der Waals surface area (Å²) in [6, 6.07) is 0. The number of hydrogen-bond donors (Lipinski definition) is 0. The third-order valence-corrected chi connectivity index (χ3v) is 3.67. The minimum Gasteiger partial charge on any atom is -0.352 e. The van der Waals surface area contributed by atoms with E-state index >= 15 is 0 Å². The summed E-state index contributed by atoms with van der Waals surface area (Å²) in [7, 11) is 0. The van der Waals surface area contributed by atoms with Gasteiger partial charge in [-0.25, -0.2) is 0 Å². The molecule has 2 fully saturated rings. The van der Waals surface area contributed by atoms with E-state index in [4.69, 9.17) is 9.47 Å². The van der Waals surface area contributed by atoms with E-state index in [1.165, 1.54) is 6.42 Å². The predicted molar refractivity (Wildman–Crippen MR) is 56.4 cm³/mol. The van der Waals surface area contributed by atoms with Crippen LogP contribution in [0.5, 0.6) is 0 Å². The van der Waals surface area contributed by atoms with Crippen molar-refractivity contribution in [2.75, 3.05) is 13.2 Å². The van der Waals surface area contributed by atoms with Crippen molar-refractivity contribution in [3.63, 3.8) is 0 Å². The van der Waals surface area contributed by atoms with E-state index in [1.54, 1.807) is 0 Å². The molecule has 0 aromatic heterocycles. The average molecular weight is 212 g/mol. The summed E-state index contributed by atoms with van der Waals surface area (Å²) in [6.07, 6.45) is 3.05. The Morgan fingerprint density at radius 3 is 2.40 bits per heavy atom. The van der Waals surface area contributed by atoms with Crippen molar-refractivity contribution >= 4 is 5.78 Å². The number of hydrogen-bond acceptors (Lipinski definition) is 3. The van der Waals surface area contributed by atoms with Crippen LogP contribution in [-0.2, 0) is 14.3 Å². The Kier molecular flexibility index (Phi) is 3.42. The number of rotatable bonds is 5. The summed E-state index contributed by atoms with van der Waals surface area (Å²) in [5.41, 5.74) is 0. The van der Waals surface area contributed by atoms with Gasteiger partial charge in [0.1, 0.15) is 5.78 Å². The van der Waals surface area contributed by atoms with Crippen molar-refractivity contribution in [3.05, 3.63) is 0 Å². The molecule has 0 aromatic rings. The second-order valence-electron chi connectivity index (χ2n) is 4.48. The fraction of sp³-hybridized carbons (Fsp3) is 0.917. The molecular formula is C12H20O3. The van der Waals surface area contributed by atoms with Crippen LogP contribution >= 0.6 is 0 Å². The van der Waals surface area contributed by atoms with Gasteiger partial charge in [0.2, 0.25) is 0 Å². The molecular weight excluding hydrogens is 192 g/mol. The highest BCUT2D eigenvalue weighted by atomic mass is 16.7. The Labute approximate surface area is 91.1 Å². The lowest BCUT2D eigenvalue weighted by molar-refractivity contribution is -0.180. The smallest absolute Gasteiger partial charge is 0.167 e. The first-order valence-electron chi connectivity index (χ1n) is 6.04. The minimum absolute atomic E-state index is 0.0173. The highest BCUT2D eigenvalue weighted by molar-refractivity contribution is 5.87. The van der Waals surface area contributed by atoms with Crippen LogP contribution in [-0.4, -0.2) is 25.3 Å². The molecule has 3 atom stereocenters. The molecule has 2 rings (SSSR count). The maximum Gasteiger partial charge on any atom is 0.167 e. The molecule has 2 saturated carbocycles. The normalized spacial score (nSPS) is 34.3. The van der Waals surface area contributed by atoms with Crippen LogP contribution in [0.25, 0.3) is 0 Å². The first-order chi connectivity index (χ1) is 7.27. The number of carbonyl (C=O) groups excluding carboxylic acids is 1. The van der Waals surface area contributed by atoms with E-state index in [0.29, 0.717) is 30.8 Å². The average Bonchev–Trinajstić information content (AvgIpc) is 2.78. The predicted octanol–water partition coefficient (Wildman–Crippen LogP) is 2.00. The van der Waals surface area contributed by atoms with E-state index in [0.717, 1.165) is 12.8 Å². The lowest BCUT2D eigenvalue weighted by Gasteiger charge is -2.28. The third kappa shape index (κ3) is 1.95. The van der Waals surface area contributed by atoms with Crippen LogP contribution in [0.4, 0.5) is 0 Å². The molecule has 2 bridgehead atoms. The molecule has 0 N–H and O–H groups in total. The van der Waals surface area contributed by atoms with Gasteiger partial charge >= 0.3 is 0 Å². The highest BCUT2D eigenvalue weighted by Crippen LogP contribution is 2.47. The van der Waals surface area contributed by atoms with Gasteiger partial charge in [-0.3, -0.25) is 4.79 Å². The van der Waals surface area contributed by atoms with E-state index in [9.17, 15) is 4.79 Å². The lowest BCUT2D eigenvalue weighted by atomic mass is 9.87. The van der Waals surface area contributed by atoms with Crippen molar-refractivity contribution in [1.82, 2.24) is 0 Å². The van der Waals surface area contributed by atoms with Crippen molar-refractivity contribution in [3.8, 4) is 0 Å². The third-order valence-electron chi connectivity index (χ3n) is 3.67. The van der Waals surface area contributed by atoms with Crippen molar-refractivity contribution in [1.29, 1.82) is 0 Å². The SMILES string of the molecule is CCOC(OCC)C1C(=O)C2CCC1C2. The Hall–Kier alpha value is -0.410. The highest BCUT2D eigenvalue weighted by Gasteiger charge is 2.50. The molecule has 3 unspecified atom stereocenters. The fourth-order valence-electron chi connectivity index (χ4n) is 3.05. The number of ketones is 1. The molecule has 3 nitrogen and oxygen atoms in total. The summed E-state index contributed by atoms with van der Waals surface area (Å²) >= 11 is 0. The zero-order valence-corrected chi connectivity index (χ0v) is 9.57. The molecule has 2 aliphatic rings. The van der Waals surface area contributed by atoms with Crippen LogP contribution in [0.3, 0.4) is 0 Å². The molecule has 0 aliphatic heterocycles. The topological polar surface area (TPSA) is 35.5 Å². The van der Waals surface area contributed by atoms with Crippen LogP contribution in [0.2, 0.25) is 0 Å². The largest absolute Gasteiger partial charge is 0.352 e. The Balaban J connectivity index is 2.03. The number of Topliss-reactive ketones (excluding diaryl/α,β-unsaturated/α-hetero) is 1. The maximum atomic E-state index is 12.0. The van der Waals surface area contributed by atoms with Gasteiger partial charge in [0.05, 0.1) is 5.92 Å². The van der Waals surface area contributed by atoms with E-state index in [1.807, 2.05) is 13.8 Å². The van der Waals surface area contributed by atoms with E-state index in [-0.39, 0.29) is 12.2 Å². The zero-order chi connectivity index (χ0) is 10.8. The molecule has 0 heterocycles. The number of carbonyl (C=O) groups is 1. The number of fused-ring (bicyclic) bond motifs is 2. The summed E-state index contributed by atoms with van der Waals surface area (Å²) < 4.78 is 11.1. The summed E-state index contributed by atoms with van der Waals surface area (Å²) in [4.78, 5) is 12.0. The molecule has 0 saturated heterocycles. The van der Waals surface area contributed by atoms with Crippen LogP contribution in [0.1, 0.15) is 33.1 Å². The van der Waals surface area contributed by atoms with Gasteiger partial charge in [-0.2, -0.15) is 0 Å². The van der Waals surface area contributed by atoms with Crippen LogP contribution < -0.4 is 0 Å². The van der Waals surface area contributed by atoms with E-state index < -0.39 is 0 Å². The van der Waals surface area contributed by atoms with Crippen molar-refractivity contribution in [2.45, 2.75) is 39.4 Å². The van der Waals surface area contributed by atoms with Gasteiger partial charge in [-0.15, -0.1) is 0 Å². The van der Waals surface area contributed by atoms with Gasteiger partial charge in [-0.05, 0) is 39.0 Å². The number of ether oxygens (including phenoxy) is 2. The first-order valence-corrected chi connectivity index (χ1v) is 6.04. The molecule has 86 valence electrons. The van der Waals surface area contributed by atoms with Gasteiger partial charge in [-0.1, -0.05) is 0 Å². The lowest BCUT2D eigenvalue weighted by Crippen LogP contribution is -2.37. The quantitative estimate of drug-likeness (QED) is 0.654. The second kappa shape index (κ2) is 4.62. The van der Waals surface area contributed by atoms with Gasteiger partial charge < -0.3 is 9.47 Å². The molecule has 15 heavy (non-hydrogen) atoms. The minimum atomic E-state index is -0.289. The van der Waals surface area contributed by atoms with Crippen LogP contribution in [0.15, 0.2) is 0 Å². The first kappa shape index (κ1) is 11.1.